The number of rotatable bonds is 12. The minimum absolute atomic E-state index is 0.0117. The maximum absolute atomic E-state index is 13.6. The molecule has 4 rings (SSSR count). The van der Waals surface area contributed by atoms with E-state index in [-0.39, 0.29) is 31.4 Å². The Labute approximate surface area is 250 Å². The lowest BCUT2D eigenvalue weighted by molar-refractivity contribution is -0.160. The zero-order chi connectivity index (χ0) is 30.2. The molecular weight excluding hydrogens is 554 g/mol. The Morgan fingerprint density at radius 1 is 1.05 bits per heavy atom. The number of fused-ring (bicyclic) bond motifs is 1. The zero-order valence-corrected chi connectivity index (χ0v) is 25.1. The van der Waals surface area contributed by atoms with E-state index >= 15 is 0 Å². The summed E-state index contributed by atoms with van der Waals surface area (Å²) in [6.07, 6.45) is 1.97. The highest BCUT2D eigenvalue weighted by atomic mass is 32.1. The smallest absolute Gasteiger partial charge is 0.407 e. The van der Waals surface area contributed by atoms with E-state index in [0.29, 0.717) is 31.7 Å². The third-order valence-electron chi connectivity index (χ3n) is 6.63. The van der Waals surface area contributed by atoms with Crippen LogP contribution in [0, 0.1) is 5.41 Å². The van der Waals surface area contributed by atoms with E-state index in [1.807, 2.05) is 74.7 Å². The fourth-order valence-electron chi connectivity index (χ4n) is 4.81. The number of benzene rings is 2. The molecule has 1 aliphatic rings. The normalized spacial score (nSPS) is 13.5. The van der Waals surface area contributed by atoms with Gasteiger partial charge in [-0.1, -0.05) is 36.9 Å². The second kappa shape index (κ2) is 13.7. The zero-order valence-electron chi connectivity index (χ0n) is 24.2. The van der Waals surface area contributed by atoms with Crippen LogP contribution in [0.25, 0.3) is 11.3 Å². The van der Waals surface area contributed by atoms with Gasteiger partial charge in [-0.15, -0.1) is 11.3 Å². The minimum atomic E-state index is -0.899. The average Bonchev–Trinajstić information content (AvgIpc) is 3.57. The first kappa shape index (κ1) is 30.8. The number of carbonyl (C=O) groups is 3. The number of alkyl carbamates (subject to hydrolysis) is 1. The van der Waals surface area contributed by atoms with Crippen molar-refractivity contribution in [2.45, 2.75) is 52.2 Å². The number of aromatic nitrogens is 1. The van der Waals surface area contributed by atoms with Gasteiger partial charge >= 0.3 is 12.1 Å². The Bertz CT molecular complexity index is 1390. The maximum Gasteiger partial charge on any atom is 0.407 e. The van der Waals surface area contributed by atoms with Gasteiger partial charge < -0.3 is 24.8 Å². The summed E-state index contributed by atoms with van der Waals surface area (Å²) in [7, 11) is 0. The van der Waals surface area contributed by atoms with Gasteiger partial charge in [0.15, 0.2) is 0 Å². The number of ether oxygens (including phenoxy) is 3. The molecule has 9 nitrogen and oxygen atoms in total. The summed E-state index contributed by atoms with van der Waals surface area (Å²) in [4.78, 5) is 42.6. The molecule has 10 heteroatoms. The van der Waals surface area contributed by atoms with E-state index in [1.165, 1.54) is 17.4 Å². The molecule has 0 saturated heterocycles. The highest BCUT2D eigenvalue weighted by molar-refractivity contribution is 7.09. The molecule has 0 aliphatic heterocycles. The van der Waals surface area contributed by atoms with Crippen molar-refractivity contribution in [3.63, 3.8) is 0 Å². The number of amides is 2. The van der Waals surface area contributed by atoms with Gasteiger partial charge in [0.1, 0.15) is 29.6 Å². The molecule has 2 amide bonds. The van der Waals surface area contributed by atoms with Crippen LogP contribution in [-0.4, -0.2) is 48.3 Å². The first-order valence-corrected chi connectivity index (χ1v) is 14.7. The van der Waals surface area contributed by atoms with Crippen molar-refractivity contribution in [3.8, 4) is 17.0 Å². The average molecular weight is 592 g/mol. The molecule has 0 bridgehead atoms. The number of hydrogen-bond donors (Lipinski definition) is 2. The lowest BCUT2D eigenvalue weighted by atomic mass is 9.80. The number of esters is 1. The van der Waals surface area contributed by atoms with Crippen LogP contribution in [-0.2, 0) is 38.4 Å². The Kier molecular flexibility index (Phi) is 10.0. The summed E-state index contributed by atoms with van der Waals surface area (Å²) in [5, 5.41) is 8.34. The van der Waals surface area contributed by atoms with Crippen LogP contribution in [0.1, 0.15) is 43.3 Å². The molecule has 1 aromatic heterocycles. The molecule has 3 aromatic rings. The molecule has 42 heavy (non-hydrogen) atoms. The molecule has 0 fully saturated rings. The van der Waals surface area contributed by atoms with Crippen molar-refractivity contribution in [2.24, 2.45) is 5.41 Å². The first-order valence-electron chi connectivity index (χ1n) is 13.8. The molecule has 0 atom stereocenters. The summed E-state index contributed by atoms with van der Waals surface area (Å²) >= 11 is 1.46. The third kappa shape index (κ3) is 8.42. The molecule has 1 aliphatic carbocycles. The van der Waals surface area contributed by atoms with E-state index in [0.717, 1.165) is 27.4 Å². The Morgan fingerprint density at radius 3 is 2.38 bits per heavy atom. The largest absolute Gasteiger partial charge is 0.492 e. The first-order chi connectivity index (χ1) is 20.1. The van der Waals surface area contributed by atoms with Gasteiger partial charge in [0.05, 0.1) is 30.6 Å². The standard InChI is InChI=1S/C32H37N3O6S/c1-5-15-40-30(38)33-14-16-39-25-12-10-22(11-13-25)26-21-42-27(35-26)20-34-29(37)32(19-28(36)41-31(2,3)4)17-23-8-6-7-9-24(23)18-32/h5-13,21H,1,14-20H2,2-4H3,(H,33,38)(H,34,37). The van der Waals surface area contributed by atoms with Crippen LogP contribution < -0.4 is 15.4 Å². The third-order valence-corrected chi connectivity index (χ3v) is 7.48. The predicted octanol–water partition coefficient (Wildman–Crippen LogP) is 5.23. The molecule has 222 valence electrons. The quantitative estimate of drug-likeness (QED) is 0.168. The summed E-state index contributed by atoms with van der Waals surface area (Å²) in [5.74, 6) is 0.110. The molecule has 2 aromatic carbocycles. The second-order valence-electron chi connectivity index (χ2n) is 11.2. The Hall–Kier alpha value is -4.18. The van der Waals surface area contributed by atoms with Crippen molar-refractivity contribution in [1.29, 1.82) is 0 Å². The summed E-state index contributed by atoms with van der Waals surface area (Å²) in [6.45, 7) is 9.99. The molecule has 0 unspecified atom stereocenters. The lowest BCUT2D eigenvalue weighted by Gasteiger charge is -2.29. The SMILES string of the molecule is C=CCOC(=O)NCCOc1ccc(-c2csc(CNC(=O)C3(CC(=O)OC(C)(C)C)Cc4ccccc4C3)n2)cc1. The maximum atomic E-state index is 13.6. The fraction of sp³-hybridized carbons (Fsp3) is 0.375. The van der Waals surface area contributed by atoms with Crippen LogP contribution in [0.4, 0.5) is 4.79 Å². The fourth-order valence-corrected chi connectivity index (χ4v) is 5.55. The van der Waals surface area contributed by atoms with Crippen LogP contribution in [0.5, 0.6) is 5.75 Å². The van der Waals surface area contributed by atoms with Gasteiger partial charge in [0, 0.05) is 10.9 Å². The monoisotopic (exact) mass is 591 g/mol. The Morgan fingerprint density at radius 2 is 1.74 bits per heavy atom. The van der Waals surface area contributed by atoms with E-state index < -0.39 is 17.1 Å². The van der Waals surface area contributed by atoms with Crippen molar-refractivity contribution in [1.82, 2.24) is 15.6 Å². The summed E-state index contributed by atoms with van der Waals surface area (Å²) in [6, 6.07) is 15.4. The molecular formula is C32H37N3O6S. The molecule has 0 spiro atoms. The highest BCUT2D eigenvalue weighted by Gasteiger charge is 2.46. The number of nitrogens with one attached hydrogen (secondary N) is 2. The van der Waals surface area contributed by atoms with E-state index in [9.17, 15) is 14.4 Å². The van der Waals surface area contributed by atoms with Crippen molar-refractivity contribution < 1.29 is 28.6 Å². The van der Waals surface area contributed by atoms with Crippen molar-refractivity contribution in [2.75, 3.05) is 19.8 Å². The number of thiazole rings is 1. The van der Waals surface area contributed by atoms with Crippen molar-refractivity contribution >= 4 is 29.3 Å². The van der Waals surface area contributed by atoms with E-state index in [1.54, 1.807) is 0 Å². The molecule has 0 radical (unpaired) electrons. The lowest BCUT2D eigenvalue weighted by Crippen LogP contribution is -2.44. The number of nitrogens with zero attached hydrogens (tertiary/aromatic N) is 1. The van der Waals surface area contributed by atoms with Gasteiger partial charge in [-0.05, 0) is 69.0 Å². The molecule has 0 saturated carbocycles. The van der Waals surface area contributed by atoms with Crippen molar-refractivity contribution in [3.05, 3.63) is 82.7 Å². The minimum Gasteiger partial charge on any atom is -0.492 e. The van der Waals surface area contributed by atoms with Gasteiger partial charge in [-0.25, -0.2) is 9.78 Å². The topological polar surface area (TPSA) is 116 Å². The second-order valence-corrected chi connectivity index (χ2v) is 12.1. The van der Waals surface area contributed by atoms with Crippen LogP contribution in [0.15, 0.2) is 66.6 Å². The predicted molar refractivity (Wildman–Crippen MR) is 161 cm³/mol. The van der Waals surface area contributed by atoms with E-state index in [2.05, 4.69) is 17.2 Å². The molecule has 2 N–H and O–H groups in total. The highest BCUT2D eigenvalue weighted by Crippen LogP contribution is 2.41. The van der Waals surface area contributed by atoms with Crippen LogP contribution in [0.3, 0.4) is 0 Å². The van der Waals surface area contributed by atoms with E-state index in [4.69, 9.17) is 19.2 Å². The van der Waals surface area contributed by atoms with Gasteiger partial charge in [-0.2, -0.15) is 0 Å². The van der Waals surface area contributed by atoms with Crippen LogP contribution >= 0.6 is 11.3 Å². The number of carbonyl (C=O) groups excluding carboxylic acids is 3. The summed E-state index contributed by atoms with van der Waals surface area (Å²) < 4.78 is 16.1. The molecule has 1 heterocycles. The van der Waals surface area contributed by atoms with Crippen LogP contribution in [0.2, 0.25) is 0 Å². The van der Waals surface area contributed by atoms with Gasteiger partial charge in [0.2, 0.25) is 5.91 Å². The number of hydrogen-bond acceptors (Lipinski definition) is 8. The van der Waals surface area contributed by atoms with Gasteiger partial charge in [-0.3, -0.25) is 9.59 Å². The Balaban J connectivity index is 1.33. The summed E-state index contributed by atoms with van der Waals surface area (Å²) in [5.41, 5.74) is 2.35. The van der Waals surface area contributed by atoms with Gasteiger partial charge in [0.25, 0.3) is 0 Å².